The molecule has 2 atom stereocenters. The number of carbonyl (C=O) groups excluding carboxylic acids is 2. The molecule has 72 heavy (non-hydrogen) atoms. The van der Waals surface area contributed by atoms with Gasteiger partial charge in [-0.3, -0.25) is 0 Å². The van der Waals surface area contributed by atoms with E-state index in [-0.39, 0.29) is 13.2 Å². The summed E-state index contributed by atoms with van der Waals surface area (Å²) in [7, 11) is 3.29. The van der Waals surface area contributed by atoms with Crippen molar-refractivity contribution in [2.24, 2.45) is 0 Å². The zero-order valence-corrected chi connectivity index (χ0v) is 40.3. The summed E-state index contributed by atoms with van der Waals surface area (Å²) in [6.45, 7) is 4.05. The maximum absolute atomic E-state index is 14.2. The number of hydrogen-bond donors (Lipinski definition) is 0. The second-order valence-electron chi connectivity index (χ2n) is 17.6. The monoisotopic (exact) mass is 946 g/mol. The second kappa shape index (κ2) is 18.8. The lowest BCUT2D eigenvalue weighted by atomic mass is 9.78. The predicted octanol–water partition coefficient (Wildman–Crippen LogP) is 14.4. The van der Waals surface area contributed by atoms with E-state index in [2.05, 4.69) is 24.3 Å². The third-order valence-electron chi connectivity index (χ3n) is 13.8. The first-order valence-corrected chi connectivity index (χ1v) is 24.1. The number of hydrogen-bond acceptors (Lipinski definition) is 8. The highest BCUT2D eigenvalue weighted by atomic mass is 16.5. The first-order chi connectivity index (χ1) is 35.3. The first kappa shape index (κ1) is 45.6. The van der Waals surface area contributed by atoms with E-state index < -0.39 is 23.1 Å². The maximum Gasteiger partial charge on any atom is 0.339 e. The molecule has 0 fully saturated rings. The van der Waals surface area contributed by atoms with E-state index in [0.29, 0.717) is 45.3 Å². The quantitative estimate of drug-likeness (QED) is 0.112. The molecule has 0 amide bonds. The van der Waals surface area contributed by atoms with Gasteiger partial charge in [-0.2, -0.15) is 0 Å². The van der Waals surface area contributed by atoms with E-state index in [9.17, 15) is 9.59 Å². The van der Waals surface area contributed by atoms with Crippen LogP contribution in [0.2, 0.25) is 0 Å². The molecule has 9 aromatic carbocycles. The number of benzene rings is 9. The Morgan fingerprint density at radius 2 is 0.736 bits per heavy atom. The van der Waals surface area contributed by atoms with Crippen LogP contribution in [-0.2, 0) is 20.7 Å². The summed E-state index contributed by atoms with van der Waals surface area (Å²) in [6, 6.07) is 60.0. The van der Waals surface area contributed by atoms with E-state index in [1.807, 2.05) is 196 Å². The van der Waals surface area contributed by atoms with Crippen molar-refractivity contribution in [2.75, 3.05) is 27.4 Å². The average molecular weight is 947 g/mol. The van der Waals surface area contributed by atoms with E-state index in [0.717, 1.165) is 66.1 Å². The van der Waals surface area contributed by atoms with Gasteiger partial charge in [0.2, 0.25) is 0 Å². The molecular formula is C64H50O8. The van der Waals surface area contributed by atoms with Gasteiger partial charge in [0, 0.05) is 55.3 Å². The van der Waals surface area contributed by atoms with Gasteiger partial charge >= 0.3 is 11.9 Å². The number of carbonyl (C=O) groups is 2. The molecule has 0 spiro atoms. The molecule has 2 heterocycles. The zero-order valence-electron chi connectivity index (χ0n) is 40.3. The summed E-state index contributed by atoms with van der Waals surface area (Å²) in [5.74, 6) is 1.64. The summed E-state index contributed by atoms with van der Waals surface area (Å²) in [4.78, 5) is 28.5. The van der Waals surface area contributed by atoms with Crippen LogP contribution in [0.5, 0.6) is 23.0 Å². The Morgan fingerprint density at radius 1 is 0.417 bits per heavy atom. The number of rotatable bonds is 12. The second-order valence-corrected chi connectivity index (χ2v) is 17.6. The van der Waals surface area contributed by atoms with Gasteiger partial charge in [0.1, 0.15) is 23.0 Å². The standard InChI is InChI=1S/C64H50O8/c1-5-69-61(65)57-53-37-39-63(45-29-33-47(67-3)34-30-45,71-59(53)51-23-15-13-21-49(51)55(57)41-17-9-7-10-18-41)43-25-27-44(28-26-43)64(46-31-35-48(68-4)36-32-46)40-38-54-58(62(66)70-6-2)56(42-19-11-8-12-20-42)50-22-14-16-24-52(50)60(54)72-64/h7-40H,5-6H2,1-4H3. The van der Waals surface area contributed by atoms with Crippen LogP contribution in [0, 0.1) is 0 Å². The molecule has 0 saturated carbocycles. The number of methoxy groups -OCH3 is 2. The smallest absolute Gasteiger partial charge is 0.339 e. The summed E-state index contributed by atoms with van der Waals surface area (Å²) < 4.78 is 37.9. The highest BCUT2D eigenvalue weighted by Crippen LogP contribution is 2.53. The van der Waals surface area contributed by atoms with Crippen molar-refractivity contribution < 1.29 is 38.0 Å². The Kier molecular flexibility index (Phi) is 11.9. The van der Waals surface area contributed by atoms with E-state index in [4.69, 9.17) is 28.4 Å². The van der Waals surface area contributed by atoms with Crippen molar-refractivity contribution in [2.45, 2.75) is 25.0 Å². The first-order valence-electron chi connectivity index (χ1n) is 24.1. The van der Waals surface area contributed by atoms with Crippen LogP contribution >= 0.6 is 0 Å². The van der Waals surface area contributed by atoms with Gasteiger partial charge in [0.05, 0.1) is 38.6 Å². The van der Waals surface area contributed by atoms with Gasteiger partial charge < -0.3 is 28.4 Å². The molecule has 354 valence electrons. The molecule has 2 unspecified atom stereocenters. The lowest BCUT2D eigenvalue weighted by molar-refractivity contribution is 0.0516. The number of ether oxygens (including phenoxy) is 6. The molecule has 0 bridgehead atoms. The third-order valence-corrected chi connectivity index (χ3v) is 13.8. The van der Waals surface area contributed by atoms with E-state index >= 15 is 0 Å². The van der Waals surface area contributed by atoms with Crippen molar-refractivity contribution in [3.8, 4) is 45.3 Å². The summed E-state index contributed by atoms with van der Waals surface area (Å²) in [5, 5.41) is 3.41. The van der Waals surface area contributed by atoms with Crippen molar-refractivity contribution >= 4 is 45.6 Å². The number of esters is 2. The molecule has 0 aliphatic carbocycles. The molecule has 0 N–H and O–H groups in total. The van der Waals surface area contributed by atoms with Crippen LogP contribution in [0.25, 0.3) is 56.0 Å². The molecule has 0 aromatic heterocycles. The molecule has 0 saturated heterocycles. The molecule has 2 aliphatic heterocycles. The molecule has 2 aliphatic rings. The van der Waals surface area contributed by atoms with Crippen LogP contribution in [0.1, 0.15) is 67.9 Å². The summed E-state index contributed by atoms with van der Waals surface area (Å²) >= 11 is 0. The van der Waals surface area contributed by atoms with Gasteiger partial charge in [0.25, 0.3) is 0 Å². The Labute approximate surface area is 418 Å². The van der Waals surface area contributed by atoms with Gasteiger partial charge in [-0.1, -0.05) is 158 Å². The largest absolute Gasteiger partial charge is 0.497 e. The fourth-order valence-electron chi connectivity index (χ4n) is 10.4. The molecular weight excluding hydrogens is 897 g/mol. The van der Waals surface area contributed by atoms with Crippen LogP contribution < -0.4 is 18.9 Å². The van der Waals surface area contributed by atoms with Crippen molar-refractivity contribution in [3.05, 3.63) is 239 Å². The Bertz CT molecular complexity index is 3340. The van der Waals surface area contributed by atoms with Crippen LogP contribution in [0.15, 0.2) is 194 Å². The average Bonchev–Trinajstić information content (AvgIpc) is 3.44. The minimum atomic E-state index is -1.19. The Morgan fingerprint density at radius 3 is 1.07 bits per heavy atom. The topological polar surface area (TPSA) is 89.5 Å². The Balaban J connectivity index is 1.11. The van der Waals surface area contributed by atoms with Crippen LogP contribution in [0.4, 0.5) is 0 Å². The minimum Gasteiger partial charge on any atom is -0.497 e. The van der Waals surface area contributed by atoms with Crippen molar-refractivity contribution in [1.29, 1.82) is 0 Å². The van der Waals surface area contributed by atoms with Crippen LogP contribution in [0.3, 0.4) is 0 Å². The lowest BCUT2D eigenvalue weighted by Gasteiger charge is -2.39. The van der Waals surface area contributed by atoms with Gasteiger partial charge in [-0.15, -0.1) is 0 Å². The van der Waals surface area contributed by atoms with Gasteiger partial charge in [0.15, 0.2) is 11.2 Å². The van der Waals surface area contributed by atoms with Crippen LogP contribution in [-0.4, -0.2) is 39.4 Å². The minimum absolute atomic E-state index is 0.210. The third kappa shape index (κ3) is 7.54. The lowest BCUT2D eigenvalue weighted by Crippen LogP contribution is -2.36. The van der Waals surface area contributed by atoms with E-state index in [1.54, 1.807) is 14.2 Å². The summed E-state index contributed by atoms with van der Waals surface area (Å²) in [6.07, 6.45) is 8.05. The van der Waals surface area contributed by atoms with Crippen molar-refractivity contribution in [1.82, 2.24) is 0 Å². The normalized spacial score (nSPS) is 16.5. The van der Waals surface area contributed by atoms with E-state index in [1.165, 1.54) is 0 Å². The molecule has 9 aromatic rings. The Hall–Kier alpha value is -8.88. The predicted molar refractivity (Wildman–Crippen MR) is 284 cm³/mol. The highest BCUT2D eigenvalue weighted by molar-refractivity contribution is 6.15. The van der Waals surface area contributed by atoms with Gasteiger partial charge in [-0.05, 0) is 84.3 Å². The zero-order chi connectivity index (χ0) is 49.4. The maximum atomic E-state index is 14.2. The number of fused-ring (bicyclic) bond motifs is 6. The highest BCUT2D eigenvalue weighted by Gasteiger charge is 2.43. The van der Waals surface area contributed by atoms with Gasteiger partial charge in [-0.25, -0.2) is 9.59 Å². The van der Waals surface area contributed by atoms with Crippen molar-refractivity contribution in [3.63, 3.8) is 0 Å². The molecule has 0 radical (unpaired) electrons. The fourth-order valence-corrected chi connectivity index (χ4v) is 10.4. The summed E-state index contributed by atoms with van der Waals surface area (Å²) in [5.41, 5.74) is 6.42. The molecule has 8 heteroatoms. The molecule has 11 rings (SSSR count). The molecule has 8 nitrogen and oxygen atoms in total. The fraction of sp³-hybridized carbons (Fsp3) is 0.125. The SMILES string of the molecule is CCOC(=O)c1c2c(c3ccccc3c1-c1ccccc1)OC(c1ccc(OC)cc1)(c1ccc(C3(c4ccc(OC)cc4)C=Cc4c(C(=O)OCC)c(-c5ccccc5)c5ccccc5c4O3)cc1)C=C2.